The third-order valence-electron chi connectivity index (χ3n) is 3.13. The first kappa shape index (κ1) is 15.3. The molecule has 0 heterocycles. The van der Waals surface area contributed by atoms with E-state index in [-0.39, 0.29) is 11.8 Å². The Morgan fingerprint density at radius 2 is 1.95 bits per heavy atom. The molecule has 0 aliphatic heterocycles. The van der Waals surface area contributed by atoms with Crippen molar-refractivity contribution in [3.8, 4) is 11.5 Å². The molecule has 1 rings (SSSR count). The van der Waals surface area contributed by atoms with Crippen LogP contribution in [0.1, 0.15) is 38.2 Å². The Kier molecular flexibility index (Phi) is 6.19. The number of ether oxygens (including phenoxy) is 2. The average molecular weight is 265 g/mol. The molecule has 0 bridgehead atoms. The zero-order valence-corrected chi connectivity index (χ0v) is 12.2. The predicted molar refractivity (Wildman–Crippen MR) is 75.9 cm³/mol. The molecule has 4 nitrogen and oxygen atoms in total. The largest absolute Gasteiger partial charge is 0.493 e. The van der Waals surface area contributed by atoms with E-state index < -0.39 is 0 Å². The van der Waals surface area contributed by atoms with Gasteiger partial charge in [-0.3, -0.25) is 4.79 Å². The monoisotopic (exact) mass is 265 g/mol. The standard InChI is InChI=1S/C15H23NO3/c1-5-6-9-16-15(17)11(2)12-7-8-13(18-3)14(10-12)19-4/h7-8,10-11H,5-6,9H2,1-4H3,(H,16,17). The Morgan fingerprint density at radius 1 is 1.26 bits per heavy atom. The third kappa shape index (κ3) is 4.16. The summed E-state index contributed by atoms with van der Waals surface area (Å²) in [6, 6.07) is 5.57. The van der Waals surface area contributed by atoms with Crippen molar-refractivity contribution in [1.29, 1.82) is 0 Å². The third-order valence-corrected chi connectivity index (χ3v) is 3.13. The number of hydrogen-bond donors (Lipinski definition) is 1. The van der Waals surface area contributed by atoms with Crippen LogP contribution in [0.3, 0.4) is 0 Å². The SMILES string of the molecule is CCCCNC(=O)C(C)c1ccc(OC)c(OC)c1. The first-order valence-electron chi connectivity index (χ1n) is 6.63. The molecule has 0 saturated heterocycles. The second kappa shape index (κ2) is 7.67. The molecule has 1 N–H and O–H groups in total. The van der Waals surface area contributed by atoms with Gasteiger partial charge in [0, 0.05) is 6.54 Å². The molecule has 0 fully saturated rings. The van der Waals surface area contributed by atoms with Crippen molar-refractivity contribution >= 4 is 5.91 Å². The second-order valence-corrected chi connectivity index (χ2v) is 4.48. The van der Waals surface area contributed by atoms with Gasteiger partial charge in [0.05, 0.1) is 20.1 Å². The van der Waals surface area contributed by atoms with Crippen LogP contribution in [0, 0.1) is 0 Å². The van der Waals surface area contributed by atoms with Crippen molar-refractivity contribution in [1.82, 2.24) is 5.32 Å². The molecule has 0 radical (unpaired) electrons. The van der Waals surface area contributed by atoms with Gasteiger partial charge in [-0.15, -0.1) is 0 Å². The minimum Gasteiger partial charge on any atom is -0.493 e. The highest BCUT2D eigenvalue weighted by Crippen LogP contribution is 2.30. The summed E-state index contributed by atoms with van der Waals surface area (Å²) in [7, 11) is 3.19. The number of methoxy groups -OCH3 is 2. The lowest BCUT2D eigenvalue weighted by Gasteiger charge is -2.15. The zero-order valence-electron chi connectivity index (χ0n) is 12.2. The minimum absolute atomic E-state index is 0.0423. The van der Waals surface area contributed by atoms with Gasteiger partial charge < -0.3 is 14.8 Å². The van der Waals surface area contributed by atoms with Gasteiger partial charge in [-0.2, -0.15) is 0 Å². The normalized spacial score (nSPS) is 11.8. The quantitative estimate of drug-likeness (QED) is 0.771. The number of rotatable bonds is 7. The Bertz CT molecular complexity index is 418. The highest BCUT2D eigenvalue weighted by molar-refractivity contribution is 5.83. The minimum atomic E-state index is -0.198. The van der Waals surface area contributed by atoms with E-state index in [0.29, 0.717) is 11.5 Å². The van der Waals surface area contributed by atoms with E-state index in [2.05, 4.69) is 12.2 Å². The first-order valence-corrected chi connectivity index (χ1v) is 6.63. The molecule has 4 heteroatoms. The molecule has 1 amide bonds. The van der Waals surface area contributed by atoms with E-state index in [1.807, 2.05) is 25.1 Å². The lowest BCUT2D eigenvalue weighted by Crippen LogP contribution is -2.28. The fraction of sp³-hybridized carbons (Fsp3) is 0.533. The van der Waals surface area contributed by atoms with Gasteiger partial charge in [0.25, 0.3) is 0 Å². The van der Waals surface area contributed by atoms with E-state index in [1.165, 1.54) is 0 Å². The Morgan fingerprint density at radius 3 is 2.53 bits per heavy atom. The van der Waals surface area contributed by atoms with E-state index in [0.717, 1.165) is 24.9 Å². The fourth-order valence-corrected chi connectivity index (χ4v) is 1.81. The maximum atomic E-state index is 12.0. The predicted octanol–water partition coefficient (Wildman–Crippen LogP) is 2.72. The summed E-state index contributed by atoms with van der Waals surface area (Å²) in [6.07, 6.45) is 2.08. The molecule has 106 valence electrons. The van der Waals surface area contributed by atoms with E-state index >= 15 is 0 Å². The smallest absolute Gasteiger partial charge is 0.227 e. The summed E-state index contributed by atoms with van der Waals surface area (Å²) in [4.78, 5) is 12.0. The Labute approximate surface area is 115 Å². The maximum absolute atomic E-state index is 12.0. The number of carbonyl (C=O) groups excluding carboxylic acids is 1. The molecule has 0 aliphatic rings. The molecule has 1 unspecified atom stereocenters. The first-order chi connectivity index (χ1) is 9.13. The molecule has 1 atom stereocenters. The van der Waals surface area contributed by atoms with Crippen LogP contribution < -0.4 is 14.8 Å². The number of unbranched alkanes of at least 4 members (excludes halogenated alkanes) is 1. The van der Waals surface area contributed by atoms with Gasteiger partial charge in [-0.1, -0.05) is 19.4 Å². The average Bonchev–Trinajstić information content (AvgIpc) is 2.45. The second-order valence-electron chi connectivity index (χ2n) is 4.48. The molecule has 0 aliphatic carbocycles. The van der Waals surface area contributed by atoms with Crippen molar-refractivity contribution in [3.63, 3.8) is 0 Å². The lowest BCUT2D eigenvalue weighted by molar-refractivity contribution is -0.122. The lowest BCUT2D eigenvalue weighted by atomic mass is 9.99. The van der Waals surface area contributed by atoms with Crippen LogP contribution in [0.15, 0.2) is 18.2 Å². The molecule has 19 heavy (non-hydrogen) atoms. The molecule has 1 aromatic carbocycles. The molecular formula is C15H23NO3. The van der Waals surface area contributed by atoms with Crippen LogP contribution in [0.5, 0.6) is 11.5 Å². The zero-order chi connectivity index (χ0) is 14.3. The summed E-state index contributed by atoms with van der Waals surface area (Å²) in [5, 5.41) is 2.94. The van der Waals surface area contributed by atoms with E-state index in [4.69, 9.17) is 9.47 Å². The van der Waals surface area contributed by atoms with Gasteiger partial charge in [-0.25, -0.2) is 0 Å². The van der Waals surface area contributed by atoms with Gasteiger partial charge in [0.15, 0.2) is 11.5 Å². The molecular weight excluding hydrogens is 242 g/mol. The van der Waals surface area contributed by atoms with Crippen molar-refractivity contribution in [2.45, 2.75) is 32.6 Å². The van der Waals surface area contributed by atoms with Crippen LogP contribution >= 0.6 is 0 Å². The Hall–Kier alpha value is -1.71. The highest BCUT2D eigenvalue weighted by Gasteiger charge is 2.16. The van der Waals surface area contributed by atoms with Crippen molar-refractivity contribution in [2.24, 2.45) is 0 Å². The molecule has 1 aromatic rings. The van der Waals surface area contributed by atoms with Gasteiger partial charge in [0.2, 0.25) is 5.91 Å². The van der Waals surface area contributed by atoms with Crippen LogP contribution in [0.2, 0.25) is 0 Å². The number of amides is 1. The summed E-state index contributed by atoms with van der Waals surface area (Å²) >= 11 is 0. The van der Waals surface area contributed by atoms with Crippen molar-refractivity contribution in [2.75, 3.05) is 20.8 Å². The van der Waals surface area contributed by atoms with Crippen molar-refractivity contribution < 1.29 is 14.3 Å². The topological polar surface area (TPSA) is 47.6 Å². The number of carbonyl (C=O) groups is 1. The molecule has 0 spiro atoms. The highest BCUT2D eigenvalue weighted by atomic mass is 16.5. The van der Waals surface area contributed by atoms with Crippen LogP contribution in [-0.4, -0.2) is 26.7 Å². The van der Waals surface area contributed by atoms with Crippen molar-refractivity contribution in [3.05, 3.63) is 23.8 Å². The summed E-state index contributed by atoms with van der Waals surface area (Å²) < 4.78 is 10.4. The van der Waals surface area contributed by atoms with E-state index in [1.54, 1.807) is 14.2 Å². The number of nitrogens with one attached hydrogen (secondary N) is 1. The van der Waals surface area contributed by atoms with Crippen LogP contribution in [-0.2, 0) is 4.79 Å². The molecule has 0 saturated carbocycles. The number of hydrogen-bond acceptors (Lipinski definition) is 3. The van der Waals surface area contributed by atoms with Crippen LogP contribution in [0.4, 0.5) is 0 Å². The fourth-order valence-electron chi connectivity index (χ4n) is 1.81. The van der Waals surface area contributed by atoms with Crippen LogP contribution in [0.25, 0.3) is 0 Å². The number of benzene rings is 1. The maximum Gasteiger partial charge on any atom is 0.227 e. The summed E-state index contributed by atoms with van der Waals surface area (Å²) in [5.74, 6) is 1.16. The van der Waals surface area contributed by atoms with Gasteiger partial charge >= 0.3 is 0 Å². The van der Waals surface area contributed by atoms with Gasteiger partial charge in [-0.05, 0) is 31.0 Å². The summed E-state index contributed by atoms with van der Waals surface area (Å²) in [5.41, 5.74) is 0.923. The molecule has 0 aromatic heterocycles. The van der Waals surface area contributed by atoms with E-state index in [9.17, 15) is 4.79 Å². The van der Waals surface area contributed by atoms with Gasteiger partial charge in [0.1, 0.15) is 0 Å². The Balaban J connectivity index is 2.76. The summed E-state index contributed by atoms with van der Waals surface area (Å²) in [6.45, 7) is 4.72.